The zero-order valence-electron chi connectivity index (χ0n) is 15.7. The Hall–Kier alpha value is -0.380. The number of hydrogen-bond donors (Lipinski definition) is 1. The van der Waals surface area contributed by atoms with Crippen LogP contribution in [0, 0.1) is 11.3 Å². The average molecular weight is 338 g/mol. The van der Waals surface area contributed by atoms with Crippen molar-refractivity contribution in [3.05, 3.63) is 22.4 Å². The lowest BCUT2D eigenvalue weighted by Crippen LogP contribution is -2.43. The van der Waals surface area contributed by atoms with E-state index in [9.17, 15) is 0 Å². The molecule has 2 atom stereocenters. The lowest BCUT2D eigenvalue weighted by atomic mass is 9.68. The smallest absolute Gasteiger partial charge is 0.0631 e. The van der Waals surface area contributed by atoms with Gasteiger partial charge >= 0.3 is 0 Å². The summed E-state index contributed by atoms with van der Waals surface area (Å²) in [6.45, 7) is 13.5. The van der Waals surface area contributed by atoms with Crippen LogP contribution in [0.5, 0.6) is 0 Å². The lowest BCUT2D eigenvalue weighted by molar-refractivity contribution is -0.110. The maximum atomic E-state index is 5.99. The van der Waals surface area contributed by atoms with Crippen LogP contribution in [0.4, 0.5) is 0 Å². The fourth-order valence-corrected chi connectivity index (χ4v) is 4.68. The molecule has 0 amide bonds. The maximum Gasteiger partial charge on any atom is 0.0631 e. The lowest BCUT2D eigenvalue weighted by Gasteiger charge is -2.46. The molecule has 1 aromatic rings. The van der Waals surface area contributed by atoms with Crippen molar-refractivity contribution in [1.82, 2.24) is 5.32 Å². The number of ether oxygens (including phenoxy) is 1. The molecule has 0 spiro atoms. The van der Waals surface area contributed by atoms with Crippen LogP contribution in [-0.4, -0.2) is 18.8 Å². The molecule has 0 unspecified atom stereocenters. The predicted octanol–water partition coefficient (Wildman–Crippen LogP) is 5.80. The summed E-state index contributed by atoms with van der Waals surface area (Å²) in [5.74, 6) is 0.788. The third kappa shape index (κ3) is 5.88. The standard InChI is InChI=1S/C20H35NOS/c1-16(2)8-9-20(11-13-22-19(4,5)15-20)10-12-21-17(3)18-7-6-14-23-18/h6-7,14,16-17,21H,8-13,15H2,1-5H3/t17-,20-/m1/s1. The van der Waals surface area contributed by atoms with E-state index in [4.69, 9.17) is 4.74 Å². The highest BCUT2D eigenvalue weighted by molar-refractivity contribution is 7.10. The first-order valence-corrected chi connectivity index (χ1v) is 10.1. The molecule has 2 heterocycles. The molecular formula is C20H35NOS. The molecule has 1 aromatic heterocycles. The summed E-state index contributed by atoms with van der Waals surface area (Å²) >= 11 is 1.85. The Balaban J connectivity index is 1.91. The van der Waals surface area contributed by atoms with Gasteiger partial charge in [0.25, 0.3) is 0 Å². The van der Waals surface area contributed by atoms with Crippen molar-refractivity contribution in [2.24, 2.45) is 11.3 Å². The van der Waals surface area contributed by atoms with Crippen LogP contribution >= 0.6 is 11.3 Å². The molecule has 0 aliphatic carbocycles. The van der Waals surface area contributed by atoms with E-state index in [0.29, 0.717) is 11.5 Å². The van der Waals surface area contributed by atoms with Crippen LogP contribution in [0.3, 0.4) is 0 Å². The molecule has 0 bridgehead atoms. The first kappa shape index (κ1) is 19.0. The monoisotopic (exact) mass is 337 g/mol. The van der Waals surface area contributed by atoms with Gasteiger partial charge < -0.3 is 10.1 Å². The van der Waals surface area contributed by atoms with Crippen molar-refractivity contribution >= 4 is 11.3 Å². The average Bonchev–Trinajstić information content (AvgIpc) is 2.98. The summed E-state index contributed by atoms with van der Waals surface area (Å²) in [6.07, 6.45) is 6.35. The van der Waals surface area contributed by atoms with Gasteiger partial charge in [-0.15, -0.1) is 11.3 Å². The van der Waals surface area contributed by atoms with Crippen molar-refractivity contribution < 1.29 is 4.74 Å². The van der Waals surface area contributed by atoms with Gasteiger partial charge in [0.2, 0.25) is 0 Å². The maximum absolute atomic E-state index is 5.99. The molecule has 23 heavy (non-hydrogen) atoms. The Labute approximate surface area is 147 Å². The van der Waals surface area contributed by atoms with Crippen molar-refractivity contribution in [3.63, 3.8) is 0 Å². The van der Waals surface area contributed by atoms with Crippen LogP contribution in [0.25, 0.3) is 0 Å². The van der Waals surface area contributed by atoms with Crippen LogP contribution in [0.15, 0.2) is 17.5 Å². The van der Waals surface area contributed by atoms with Crippen molar-refractivity contribution in [3.8, 4) is 0 Å². The number of rotatable bonds is 8. The molecular weight excluding hydrogens is 302 g/mol. The van der Waals surface area contributed by atoms with Gasteiger partial charge in [0, 0.05) is 17.5 Å². The van der Waals surface area contributed by atoms with E-state index >= 15 is 0 Å². The third-order valence-electron chi connectivity index (χ3n) is 5.25. The second kappa shape index (κ2) is 8.13. The second-order valence-electron chi connectivity index (χ2n) is 8.41. The molecule has 132 valence electrons. The summed E-state index contributed by atoms with van der Waals surface area (Å²) in [5.41, 5.74) is 0.489. The number of nitrogens with one attached hydrogen (secondary N) is 1. The van der Waals surface area contributed by atoms with Gasteiger partial charge in [-0.25, -0.2) is 0 Å². The van der Waals surface area contributed by atoms with E-state index in [-0.39, 0.29) is 5.60 Å². The highest BCUT2D eigenvalue weighted by Gasteiger charge is 2.40. The van der Waals surface area contributed by atoms with Crippen LogP contribution in [0.2, 0.25) is 0 Å². The first-order chi connectivity index (χ1) is 10.8. The highest BCUT2D eigenvalue weighted by Crippen LogP contribution is 2.45. The van der Waals surface area contributed by atoms with E-state index in [2.05, 4.69) is 57.4 Å². The van der Waals surface area contributed by atoms with Gasteiger partial charge in [-0.2, -0.15) is 0 Å². The van der Waals surface area contributed by atoms with E-state index in [1.807, 2.05) is 11.3 Å². The third-order valence-corrected chi connectivity index (χ3v) is 6.31. The Kier molecular flexibility index (Phi) is 6.70. The van der Waals surface area contributed by atoms with E-state index < -0.39 is 0 Å². The minimum absolute atomic E-state index is 0.0363. The van der Waals surface area contributed by atoms with E-state index in [0.717, 1.165) is 19.1 Å². The molecule has 2 rings (SSSR count). The number of thiophene rings is 1. The summed E-state index contributed by atoms with van der Waals surface area (Å²) in [4.78, 5) is 1.44. The molecule has 0 radical (unpaired) electrons. The van der Waals surface area contributed by atoms with Gasteiger partial charge in [-0.05, 0) is 75.8 Å². The molecule has 1 aliphatic heterocycles. The fourth-order valence-electron chi connectivity index (χ4n) is 3.93. The summed E-state index contributed by atoms with van der Waals surface area (Å²) in [5, 5.41) is 5.91. The molecule has 2 nitrogen and oxygen atoms in total. The summed E-state index contributed by atoms with van der Waals surface area (Å²) in [6, 6.07) is 4.84. The largest absolute Gasteiger partial charge is 0.376 e. The number of hydrogen-bond acceptors (Lipinski definition) is 3. The fraction of sp³-hybridized carbons (Fsp3) is 0.800. The molecule has 1 fully saturated rings. The molecule has 0 saturated carbocycles. The Morgan fingerprint density at radius 1 is 1.26 bits per heavy atom. The normalized spacial score (nSPS) is 25.7. The van der Waals surface area contributed by atoms with Crippen LogP contribution < -0.4 is 5.32 Å². The van der Waals surface area contributed by atoms with Gasteiger partial charge in [0.1, 0.15) is 0 Å². The predicted molar refractivity (Wildman–Crippen MR) is 101 cm³/mol. The summed E-state index contributed by atoms with van der Waals surface area (Å²) < 4.78 is 5.99. The Morgan fingerprint density at radius 3 is 2.65 bits per heavy atom. The molecule has 3 heteroatoms. The van der Waals surface area contributed by atoms with E-state index in [1.54, 1.807) is 0 Å². The van der Waals surface area contributed by atoms with Gasteiger partial charge in [-0.1, -0.05) is 26.3 Å². The zero-order valence-corrected chi connectivity index (χ0v) is 16.5. The van der Waals surface area contributed by atoms with Gasteiger partial charge in [-0.3, -0.25) is 0 Å². The summed E-state index contributed by atoms with van der Waals surface area (Å²) in [7, 11) is 0. The van der Waals surface area contributed by atoms with Crippen molar-refractivity contribution in [2.75, 3.05) is 13.2 Å². The highest BCUT2D eigenvalue weighted by atomic mass is 32.1. The SMILES string of the molecule is CC(C)CC[C@@]1(CCN[C@H](C)c2cccs2)CCOC(C)(C)C1. The molecule has 0 aromatic carbocycles. The van der Waals surface area contributed by atoms with Gasteiger partial charge in [0.05, 0.1) is 5.60 Å². The Morgan fingerprint density at radius 2 is 2.04 bits per heavy atom. The van der Waals surface area contributed by atoms with Crippen molar-refractivity contribution in [1.29, 1.82) is 0 Å². The minimum Gasteiger partial charge on any atom is -0.376 e. The van der Waals surface area contributed by atoms with Gasteiger partial charge in [0.15, 0.2) is 0 Å². The first-order valence-electron chi connectivity index (χ1n) is 9.23. The Bertz CT molecular complexity index is 454. The molecule has 1 N–H and O–H groups in total. The minimum atomic E-state index is 0.0363. The van der Waals surface area contributed by atoms with Crippen LogP contribution in [0.1, 0.15) is 77.6 Å². The topological polar surface area (TPSA) is 21.3 Å². The van der Waals surface area contributed by atoms with Crippen molar-refractivity contribution in [2.45, 2.75) is 78.4 Å². The molecule has 1 aliphatic rings. The molecule has 1 saturated heterocycles. The second-order valence-corrected chi connectivity index (χ2v) is 9.39. The van der Waals surface area contributed by atoms with Crippen LogP contribution in [-0.2, 0) is 4.74 Å². The quantitative estimate of drug-likeness (QED) is 0.647. The zero-order chi connectivity index (χ0) is 16.9. The van der Waals surface area contributed by atoms with E-state index in [1.165, 1.54) is 37.0 Å².